The third kappa shape index (κ3) is 1.85. The Kier molecular flexibility index (Phi) is 2.20. The topological polar surface area (TPSA) is 96.7 Å². The zero-order valence-electron chi connectivity index (χ0n) is 8.24. The van der Waals surface area contributed by atoms with Gasteiger partial charge in [0, 0.05) is 0 Å². The van der Waals surface area contributed by atoms with Crippen molar-refractivity contribution in [2.75, 3.05) is 5.32 Å². The van der Waals surface area contributed by atoms with Gasteiger partial charge in [0.2, 0.25) is 0 Å². The number of tetrazole rings is 1. The van der Waals surface area contributed by atoms with Gasteiger partial charge in [-0.1, -0.05) is 5.10 Å². The molecule has 2 N–H and O–H groups in total. The van der Waals surface area contributed by atoms with Crippen molar-refractivity contribution in [2.24, 2.45) is 0 Å². The lowest BCUT2D eigenvalue weighted by Gasteiger charge is -1.96. The molecule has 2 rings (SSSR count). The fourth-order valence-electron chi connectivity index (χ4n) is 1.24. The van der Waals surface area contributed by atoms with Gasteiger partial charge in [0.05, 0.1) is 5.56 Å². The minimum Gasteiger partial charge on any atom is -0.466 e. The number of nitrogens with one attached hydrogen (secondary N) is 2. The maximum absolute atomic E-state index is 11.7. The number of amides is 1. The summed E-state index contributed by atoms with van der Waals surface area (Å²) in [6, 6.07) is 1.66. The van der Waals surface area contributed by atoms with E-state index < -0.39 is 0 Å². The number of nitrogens with zero attached hydrogens (tertiary/aromatic N) is 3. The van der Waals surface area contributed by atoms with E-state index in [2.05, 4.69) is 25.9 Å². The minimum absolute atomic E-state index is 0.137. The van der Waals surface area contributed by atoms with Crippen LogP contribution in [-0.2, 0) is 0 Å². The smallest absolute Gasteiger partial charge is 0.270 e. The van der Waals surface area contributed by atoms with Crippen LogP contribution in [0.4, 0.5) is 5.95 Å². The zero-order valence-corrected chi connectivity index (χ0v) is 8.24. The fraction of sp³-hybridized carbons (Fsp3) is 0.250. The first-order valence-electron chi connectivity index (χ1n) is 4.28. The number of rotatable bonds is 2. The number of furan rings is 1. The molecular formula is C8H9N5O2. The second-order valence-electron chi connectivity index (χ2n) is 3.02. The van der Waals surface area contributed by atoms with Crippen LogP contribution in [-0.4, -0.2) is 26.5 Å². The molecule has 2 aromatic rings. The molecule has 0 saturated heterocycles. The first kappa shape index (κ1) is 9.38. The molecule has 2 aromatic heterocycles. The summed E-state index contributed by atoms with van der Waals surface area (Å²) in [5.74, 6) is 1.07. The van der Waals surface area contributed by atoms with E-state index in [0.29, 0.717) is 17.1 Å². The van der Waals surface area contributed by atoms with Crippen molar-refractivity contribution < 1.29 is 9.21 Å². The maximum atomic E-state index is 11.7. The predicted molar refractivity (Wildman–Crippen MR) is 50.3 cm³/mol. The summed E-state index contributed by atoms with van der Waals surface area (Å²) in [5.41, 5.74) is 0.470. The summed E-state index contributed by atoms with van der Waals surface area (Å²) in [5, 5.41) is 15.3. The molecule has 1 amide bonds. The van der Waals surface area contributed by atoms with Crippen LogP contribution in [0.15, 0.2) is 10.5 Å². The second-order valence-corrected chi connectivity index (χ2v) is 3.02. The zero-order chi connectivity index (χ0) is 10.8. The third-order valence-electron chi connectivity index (χ3n) is 1.86. The summed E-state index contributed by atoms with van der Waals surface area (Å²) < 4.78 is 5.23. The number of aromatic amines is 1. The van der Waals surface area contributed by atoms with E-state index in [1.807, 2.05) is 0 Å². The van der Waals surface area contributed by atoms with E-state index in [1.165, 1.54) is 0 Å². The molecule has 7 heteroatoms. The molecule has 0 unspecified atom stereocenters. The van der Waals surface area contributed by atoms with Gasteiger partial charge in [0.25, 0.3) is 11.9 Å². The third-order valence-corrected chi connectivity index (χ3v) is 1.86. The maximum Gasteiger partial charge on any atom is 0.270 e. The Hall–Kier alpha value is -2.18. The Labute approximate surface area is 84.9 Å². The summed E-state index contributed by atoms with van der Waals surface area (Å²) in [7, 11) is 0. The summed E-state index contributed by atoms with van der Waals surface area (Å²) >= 11 is 0. The first-order chi connectivity index (χ1) is 7.16. The van der Waals surface area contributed by atoms with E-state index in [0.717, 1.165) is 0 Å². The van der Waals surface area contributed by atoms with E-state index in [1.54, 1.807) is 19.9 Å². The van der Waals surface area contributed by atoms with Crippen LogP contribution < -0.4 is 5.32 Å². The van der Waals surface area contributed by atoms with Gasteiger partial charge in [-0.2, -0.15) is 5.21 Å². The van der Waals surface area contributed by atoms with Crippen LogP contribution in [0.5, 0.6) is 0 Å². The quantitative estimate of drug-likeness (QED) is 0.754. The summed E-state index contributed by atoms with van der Waals surface area (Å²) in [6.07, 6.45) is 0. The SMILES string of the molecule is Cc1cc(C(=O)Nc2nn[nH]n2)c(C)o1. The lowest BCUT2D eigenvalue weighted by molar-refractivity contribution is 0.102. The van der Waals surface area contributed by atoms with E-state index in [-0.39, 0.29) is 11.9 Å². The molecule has 0 aliphatic rings. The van der Waals surface area contributed by atoms with Crippen LogP contribution in [0.2, 0.25) is 0 Å². The van der Waals surface area contributed by atoms with Crippen molar-refractivity contribution in [3.63, 3.8) is 0 Å². The van der Waals surface area contributed by atoms with Crippen molar-refractivity contribution in [1.82, 2.24) is 20.6 Å². The Morgan fingerprint density at radius 1 is 1.53 bits per heavy atom. The molecule has 0 aliphatic carbocycles. The van der Waals surface area contributed by atoms with Gasteiger partial charge < -0.3 is 4.42 Å². The molecule has 7 nitrogen and oxygen atoms in total. The van der Waals surface area contributed by atoms with E-state index >= 15 is 0 Å². The molecule has 0 aliphatic heterocycles. The van der Waals surface area contributed by atoms with E-state index in [4.69, 9.17) is 4.42 Å². The van der Waals surface area contributed by atoms with Crippen molar-refractivity contribution in [3.8, 4) is 0 Å². The van der Waals surface area contributed by atoms with Gasteiger partial charge in [0.15, 0.2) is 0 Å². The van der Waals surface area contributed by atoms with E-state index in [9.17, 15) is 4.79 Å². The molecule has 0 atom stereocenters. The predicted octanol–water partition coefficient (Wildman–Crippen LogP) is 0.662. The highest BCUT2D eigenvalue weighted by Crippen LogP contribution is 2.14. The highest BCUT2D eigenvalue weighted by Gasteiger charge is 2.14. The van der Waals surface area contributed by atoms with Crippen molar-refractivity contribution >= 4 is 11.9 Å². The largest absolute Gasteiger partial charge is 0.466 e. The number of aromatic nitrogens is 4. The molecule has 78 valence electrons. The Morgan fingerprint density at radius 3 is 2.87 bits per heavy atom. The molecule has 0 bridgehead atoms. The van der Waals surface area contributed by atoms with Crippen LogP contribution in [0.25, 0.3) is 0 Å². The lowest BCUT2D eigenvalue weighted by Crippen LogP contribution is -2.13. The van der Waals surface area contributed by atoms with Gasteiger partial charge in [-0.3, -0.25) is 10.1 Å². The van der Waals surface area contributed by atoms with Crippen molar-refractivity contribution in [2.45, 2.75) is 13.8 Å². The fourth-order valence-corrected chi connectivity index (χ4v) is 1.24. The van der Waals surface area contributed by atoms with Crippen molar-refractivity contribution in [3.05, 3.63) is 23.2 Å². The van der Waals surface area contributed by atoms with Crippen LogP contribution in [0.3, 0.4) is 0 Å². The average Bonchev–Trinajstić information content (AvgIpc) is 2.75. The number of hydrogen-bond acceptors (Lipinski definition) is 5. The molecule has 0 spiro atoms. The van der Waals surface area contributed by atoms with Crippen LogP contribution in [0.1, 0.15) is 21.9 Å². The Balaban J connectivity index is 2.18. The summed E-state index contributed by atoms with van der Waals surface area (Å²) in [4.78, 5) is 11.7. The number of H-pyrrole nitrogens is 1. The molecule has 0 fully saturated rings. The molecule has 0 aromatic carbocycles. The van der Waals surface area contributed by atoms with Gasteiger partial charge in [-0.05, 0) is 25.1 Å². The molecule has 2 heterocycles. The standard InChI is InChI=1S/C8H9N5O2/c1-4-3-6(5(2)15-4)7(14)9-8-10-12-13-11-8/h3H,1-2H3,(H2,9,10,11,12,13,14). The highest BCUT2D eigenvalue weighted by atomic mass is 16.3. The van der Waals surface area contributed by atoms with Gasteiger partial charge in [-0.25, -0.2) is 0 Å². The Morgan fingerprint density at radius 2 is 2.33 bits per heavy atom. The average molecular weight is 207 g/mol. The van der Waals surface area contributed by atoms with Crippen molar-refractivity contribution in [1.29, 1.82) is 0 Å². The lowest BCUT2D eigenvalue weighted by atomic mass is 10.2. The van der Waals surface area contributed by atoms with Gasteiger partial charge in [0.1, 0.15) is 11.5 Å². The highest BCUT2D eigenvalue weighted by molar-refractivity contribution is 6.04. The monoisotopic (exact) mass is 207 g/mol. The number of aryl methyl sites for hydroxylation is 2. The first-order valence-corrected chi connectivity index (χ1v) is 4.28. The molecule has 0 radical (unpaired) electrons. The van der Waals surface area contributed by atoms with Gasteiger partial charge >= 0.3 is 0 Å². The number of hydrogen-bond donors (Lipinski definition) is 2. The van der Waals surface area contributed by atoms with Gasteiger partial charge in [-0.15, -0.1) is 5.10 Å². The minimum atomic E-state index is -0.314. The normalized spacial score (nSPS) is 10.3. The molecule has 15 heavy (non-hydrogen) atoms. The molecular weight excluding hydrogens is 198 g/mol. The van der Waals surface area contributed by atoms with Crippen LogP contribution >= 0.6 is 0 Å². The number of anilines is 1. The number of carbonyl (C=O) groups excluding carboxylic acids is 1. The molecule has 0 saturated carbocycles. The number of carbonyl (C=O) groups is 1. The Bertz CT molecular complexity index is 473. The summed E-state index contributed by atoms with van der Waals surface area (Å²) in [6.45, 7) is 3.50. The second kappa shape index (κ2) is 3.52. The van der Waals surface area contributed by atoms with Crippen LogP contribution in [0, 0.1) is 13.8 Å².